The van der Waals surface area contributed by atoms with Gasteiger partial charge in [-0.15, -0.1) is 0 Å². The van der Waals surface area contributed by atoms with Gasteiger partial charge in [0.15, 0.2) is 11.5 Å². The molecule has 3 rings (SSSR count). The molecule has 1 atom stereocenters. The predicted molar refractivity (Wildman–Crippen MR) is 84.4 cm³/mol. The average Bonchev–Trinajstić information content (AvgIpc) is 2.55. The molecule has 2 amide bonds. The normalized spacial score (nSPS) is 19.3. The van der Waals surface area contributed by atoms with Crippen LogP contribution in [0.1, 0.15) is 50.6 Å². The van der Waals surface area contributed by atoms with Crippen LogP contribution in [0.4, 0.5) is 4.79 Å². The summed E-state index contributed by atoms with van der Waals surface area (Å²) in [6.07, 6.45) is 5.89. The Kier molecular flexibility index (Phi) is 4.71. The van der Waals surface area contributed by atoms with Gasteiger partial charge in [0, 0.05) is 6.04 Å². The number of nitrogens with one attached hydrogen (secondary N) is 2. The number of hydrogen-bond donors (Lipinski definition) is 2. The molecule has 2 N–H and O–H groups in total. The minimum atomic E-state index is -0.0886. The van der Waals surface area contributed by atoms with Gasteiger partial charge in [-0.1, -0.05) is 25.3 Å². The van der Waals surface area contributed by atoms with Gasteiger partial charge in [-0.3, -0.25) is 0 Å². The Labute approximate surface area is 131 Å². The first-order valence-corrected chi connectivity index (χ1v) is 8.19. The first kappa shape index (κ1) is 15.0. The van der Waals surface area contributed by atoms with E-state index in [0.29, 0.717) is 19.3 Å². The van der Waals surface area contributed by atoms with Crippen molar-refractivity contribution in [2.45, 2.75) is 51.1 Å². The van der Waals surface area contributed by atoms with E-state index in [2.05, 4.69) is 10.6 Å². The van der Waals surface area contributed by atoms with Crippen molar-refractivity contribution in [1.82, 2.24) is 10.6 Å². The van der Waals surface area contributed by atoms with E-state index in [1.807, 2.05) is 25.1 Å². The fourth-order valence-electron chi connectivity index (χ4n) is 3.08. The van der Waals surface area contributed by atoms with Crippen molar-refractivity contribution < 1.29 is 14.3 Å². The Hall–Kier alpha value is -1.91. The first-order valence-electron chi connectivity index (χ1n) is 8.19. The zero-order valence-electron chi connectivity index (χ0n) is 13.1. The van der Waals surface area contributed by atoms with Crippen LogP contribution in [0.5, 0.6) is 11.5 Å². The maximum Gasteiger partial charge on any atom is 0.315 e. The number of amides is 2. The summed E-state index contributed by atoms with van der Waals surface area (Å²) in [5.74, 6) is 1.53. The zero-order valence-corrected chi connectivity index (χ0v) is 13.1. The fraction of sp³-hybridized carbons (Fsp3) is 0.588. The number of carbonyl (C=O) groups excluding carboxylic acids is 1. The number of benzene rings is 1. The third-order valence-electron chi connectivity index (χ3n) is 4.35. The lowest BCUT2D eigenvalue weighted by Crippen LogP contribution is -2.43. The summed E-state index contributed by atoms with van der Waals surface area (Å²) in [6.45, 7) is 3.14. The Morgan fingerprint density at radius 1 is 1.14 bits per heavy atom. The lowest BCUT2D eigenvalue weighted by atomic mass is 9.96. The summed E-state index contributed by atoms with van der Waals surface area (Å²) >= 11 is 0. The molecule has 0 saturated heterocycles. The van der Waals surface area contributed by atoms with Crippen molar-refractivity contribution in [2.75, 3.05) is 13.2 Å². The summed E-state index contributed by atoms with van der Waals surface area (Å²) in [7, 11) is 0. The second-order valence-corrected chi connectivity index (χ2v) is 6.08. The molecule has 0 radical (unpaired) electrons. The van der Waals surface area contributed by atoms with Gasteiger partial charge in [0.25, 0.3) is 0 Å². The van der Waals surface area contributed by atoms with E-state index in [9.17, 15) is 4.79 Å². The topological polar surface area (TPSA) is 59.6 Å². The van der Waals surface area contributed by atoms with Crippen LogP contribution >= 0.6 is 0 Å². The summed E-state index contributed by atoms with van der Waals surface area (Å²) in [4.78, 5) is 12.1. The number of urea groups is 1. The standard InChI is InChI=1S/C17H24N2O3/c1-12(18-17(20)19-14-5-3-2-4-6-14)13-7-8-15-16(11-13)22-10-9-21-15/h7-8,11-12,14H,2-6,9-10H2,1H3,(H2,18,19,20). The molecule has 1 aliphatic heterocycles. The minimum absolute atomic E-state index is 0.0700. The molecule has 1 aromatic rings. The summed E-state index contributed by atoms with van der Waals surface area (Å²) in [5, 5.41) is 6.08. The maximum absolute atomic E-state index is 12.1. The van der Waals surface area contributed by atoms with E-state index in [1.165, 1.54) is 19.3 Å². The van der Waals surface area contributed by atoms with Gasteiger partial charge in [-0.05, 0) is 37.5 Å². The Morgan fingerprint density at radius 2 is 1.86 bits per heavy atom. The number of carbonyl (C=O) groups is 1. The van der Waals surface area contributed by atoms with Crippen molar-refractivity contribution in [1.29, 1.82) is 0 Å². The van der Waals surface area contributed by atoms with Crippen LogP contribution in [0.25, 0.3) is 0 Å². The molecule has 5 heteroatoms. The average molecular weight is 304 g/mol. The second kappa shape index (κ2) is 6.90. The quantitative estimate of drug-likeness (QED) is 0.902. The molecular formula is C17H24N2O3. The molecule has 1 aliphatic carbocycles. The van der Waals surface area contributed by atoms with Gasteiger partial charge >= 0.3 is 6.03 Å². The smallest absolute Gasteiger partial charge is 0.315 e. The lowest BCUT2D eigenvalue weighted by molar-refractivity contribution is 0.171. The highest BCUT2D eigenvalue weighted by Gasteiger charge is 2.18. The largest absolute Gasteiger partial charge is 0.486 e. The molecule has 5 nitrogen and oxygen atoms in total. The number of hydrogen-bond acceptors (Lipinski definition) is 3. The van der Waals surface area contributed by atoms with Crippen LogP contribution in [-0.4, -0.2) is 25.3 Å². The molecule has 120 valence electrons. The van der Waals surface area contributed by atoms with Gasteiger partial charge in [0.05, 0.1) is 6.04 Å². The molecule has 1 saturated carbocycles. The van der Waals surface area contributed by atoms with E-state index in [0.717, 1.165) is 29.9 Å². The molecule has 1 unspecified atom stereocenters. The van der Waals surface area contributed by atoms with Crippen molar-refractivity contribution in [3.63, 3.8) is 0 Å². The van der Waals surface area contributed by atoms with Crippen LogP contribution in [0.3, 0.4) is 0 Å². The summed E-state index contributed by atoms with van der Waals surface area (Å²) in [6, 6.07) is 5.98. The predicted octanol–water partition coefficient (Wildman–Crippen LogP) is 3.15. The maximum atomic E-state index is 12.1. The van der Waals surface area contributed by atoms with Crippen LogP contribution in [0, 0.1) is 0 Å². The molecule has 0 bridgehead atoms. The zero-order chi connectivity index (χ0) is 15.4. The molecular weight excluding hydrogens is 280 g/mol. The lowest BCUT2D eigenvalue weighted by Gasteiger charge is -2.25. The van der Waals surface area contributed by atoms with Crippen LogP contribution < -0.4 is 20.1 Å². The summed E-state index contributed by atoms with van der Waals surface area (Å²) < 4.78 is 11.1. The van der Waals surface area contributed by atoms with E-state index >= 15 is 0 Å². The third-order valence-corrected chi connectivity index (χ3v) is 4.35. The van der Waals surface area contributed by atoms with Gasteiger partial charge in [-0.2, -0.15) is 0 Å². The van der Waals surface area contributed by atoms with E-state index < -0.39 is 0 Å². The Morgan fingerprint density at radius 3 is 2.64 bits per heavy atom. The highest BCUT2D eigenvalue weighted by atomic mass is 16.6. The van der Waals surface area contributed by atoms with Crippen molar-refractivity contribution in [3.05, 3.63) is 23.8 Å². The first-order chi connectivity index (χ1) is 10.7. The molecule has 1 aromatic carbocycles. The SMILES string of the molecule is CC(NC(=O)NC1CCCCC1)c1ccc2c(c1)OCCO2. The van der Waals surface area contributed by atoms with Gasteiger partial charge in [0.1, 0.15) is 13.2 Å². The minimum Gasteiger partial charge on any atom is -0.486 e. The molecule has 1 fully saturated rings. The van der Waals surface area contributed by atoms with Crippen molar-refractivity contribution >= 4 is 6.03 Å². The Bertz CT molecular complexity index is 527. The van der Waals surface area contributed by atoms with Gasteiger partial charge in [0.2, 0.25) is 0 Å². The van der Waals surface area contributed by atoms with Crippen molar-refractivity contribution in [3.8, 4) is 11.5 Å². The highest BCUT2D eigenvalue weighted by molar-refractivity contribution is 5.74. The van der Waals surface area contributed by atoms with Crippen LogP contribution in [0.15, 0.2) is 18.2 Å². The third kappa shape index (κ3) is 3.64. The second-order valence-electron chi connectivity index (χ2n) is 6.08. The Balaban J connectivity index is 1.56. The highest BCUT2D eigenvalue weighted by Crippen LogP contribution is 2.32. The van der Waals surface area contributed by atoms with Gasteiger partial charge in [-0.25, -0.2) is 4.79 Å². The molecule has 0 spiro atoms. The van der Waals surface area contributed by atoms with E-state index in [1.54, 1.807) is 0 Å². The summed E-state index contributed by atoms with van der Waals surface area (Å²) in [5.41, 5.74) is 1.02. The van der Waals surface area contributed by atoms with E-state index in [-0.39, 0.29) is 12.1 Å². The van der Waals surface area contributed by atoms with Crippen molar-refractivity contribution in [2.24, 2.45) is 0 Å². The molecule has 0 aromatic heterocycles. The fourth-order valence-corrected chi connectivity index (χ4v) is 3.08. The van der Waals surface area contributed by atoms with E-state index in [4.69, 9.17) is 9.47 Å². The number of rotatable bonds is 3. The molecule has 1 heterocycles. The number of fused-ring (bicyclic) bond motifs is 1. The van der Waals surface area contributed by atoms with Gasteiger partial charge < -0.3 is 20.1 Å². The van der Waals surface area contributed by atoms with Crippen LogP contribution in [-0.2, 0) is 0 Å². The van der Waals surface area contributed by atoms with Crippen LogP contribution in [0.2, 0.25) is 0 Å². The molecule has 22 heavy (non-hydrogen) atoms. The number of ether oxygens (including phenoxy) is 2. The molecule has 2 aliphatic rings. The monoisotopic (exact) mass is 304 g/mol.